The minimum absolute atomic E-state index is 0.270. The van der Waals surface area contributed by atoms with E-state index in [9.17, 15) is 9.59 Å². The molecule has 0 aliphatic heterocycles. The quantitative estimate of drug-likeness (QED) is 0.488. The Balaban J connectivity index is 4.82. The van der Waals surface area contributed by atoms with Crippen molar-refractivity contribution in [2.24, 2.45) is 0 Å². The molecular weight excluding hydrogens is 232 g/mol. The normalized spacial score (nSPS) is 12.6. The molecule has 0 bridgehead atoms. The second-order valence-electron chi connectivity index (χ2n) is 4.20. The zero-order chi connectivity index (χ0) is 14.0. The molecule has 102 valence electrons. The van der Waals surface area contributed by atoms with Gasteiger partial charge in [0.2, 0.25) is 0 Å². The molecule has 2 N–H and O–H groups in total. The second kappa shape index (κ2) is 9.45. The van der Waals surface area contributed by atoms with Crippen molar-refractivity contribution in [2.45, 2.75) is 52.4 Å². The molecule has 18 heavy (non-hydrogen) atoms. The Kier molecular flexibility index (Phi) is 8.62. The number of rotatable bonds is 9. The smallest absolute Gasteiger partial charge is 0.331 e. The van der Waals surface area contributed by atoms with Crippen LogP contribution in [0.1, 0.15) is 52.4 Å². The van der Waals surface area contributed by atoms with Crippen LogP contribution in [0.2, 0.25) is 0 Å². The molecule has 0 saturated carbocycles. The van der Waals surface area contributed by atoms with Gasteiger partial charge in [-0.1, -0.05) is 38.8 Å². The van der Waals surface area contributed by atoms with Gasteiger partial charge < -0.3 is 10.2 Å². The van der Waals surface area contributed by atoms with Crippen LogP contribution in [0, 0.1) is 0 Å². The average molecular weight is 254 g/mol. The predicted molar refractivity (Wildman–Crippen MR) is 70.5 cm³/mol. The van der Waals surface area contributed by atoms with Crippen LogP contribution in [0.4, 0.5) is 0 Å². The number of hydrogen-bond donors (Lipinski definition) is 2. The lowest BCUT2D eigenvalue weighted by Gasteiger charge is -2.01. The van der Waals surface area contributed by atoms with E-state index in [4.69, 9.17) is 10.2 Å². The van der Waals surface area contributed by atoms with Crippen molar-refractivity contribution in [3.05, 3.63) is 23.3 Å². The van der Waals surface area contributed by atoms with Gasteiger partial charge in [-0.3, -0.25) is 0 Å². The highest BCUT2D eigenvalue weighted by Crippen LogP contribution is 2.12. The van der Waals surface area contributed by atoms with Gasteiger partial charge in [0.1, 0.15) is 0 Å². The van der Waals surface area contributed by atoms with Crippen LogP contribution < -0.4 is 0 Å². The summed E-state index contributed by atoms with van der Waals surface area (Å²) in [5, 5.41) is 18.0. The van der Waals surface area contributed by atoms with Gasteiger partial charge in [0, 0.05) is 11.1 Å². The molecule has 0 aromatic heterocycles. The zero-order valence-corrected chi connectivity index (χ0v) is 11.1. The number of unbranched alkanes of at least 4 members (excludes halogenated alkanes) is 2. The summed E-state index contributed by atoms with van der Waals surface area (Å²) in [5.41, 5.74) is 0.541. The van der Waals surface area contributed by atoms with Crippen LogP contribution in [0.5, 0.6) is 0 Å². The highest BCUT2D eigenvalue weighted by Gasteiger charge is 2.08. The lowest BCUT2D eigenvalue weighted by molar-refractivity contribution is -0.133. The fourth-order valence-corrected chi connectivity index (χ4v) is 1.46. The van der Waals surface area contributed by atoms with E-state index in [1.807, 2.05) is 13.8 Å². The highest BCUT2D eigenvalue weighted by atomic mass is 16.4. The lowest BCUT2D eigenvalue weighted by atomic mass is 10.1. The van der Waals surface area contributed by atoms with E-state index in [1.165, 1.54) is 12.2 Å². The molecule has 0 aromatic carbocycles. The number of carbonyl (C=O) groups is 2. The fraction of sp³-hybridized carbons (Fsp3) is 0.571. The number of hydrogen-bond acceptors (Lipinski definition) is 2. The van der Waals surface area contributed by atoms with Crippen molar-refractivity contribution in [3.63, 3.8) is 0 Å². The van der Waals surface area contributed by atoms with Gasteiger partial charge >= 0.3 is 11.9 Å². The highest BCUT2D eigenvalue weighted by molar-refractivity contribution is 5.89. The molecule has 4 heteroatoms. The topological polar surface area (TPSA) is 74.6 Å². The maximum Gasteiger partial charge on any atom is 0.331 e. The van der Waals surface area contributed by atoms with Crippen molar-refractivity contribution >= 4 is 11.9 Å². The molecule has 0 rings (SSSR count). The van der Waals surface area contributed by atoms with Crippen LogP contribution in [0.25, 0.3) is 0 Å². The molecule has 0 amide bonds. The maximum absolute atomic E-state index is 11.0. The molecule has 4 nitrogen and oxygen atoms in total. The molecule has 0 aliphatic rings. The first-order valence-corrected chi connectivity index (χ1v) is 6.39. The predicted octanol–water partition coefficient (Wildman–Crippen LogP) is 3.39. The van der Waals surface area contributed by atoms with Crippen molar-refractivity contribution in [1.29, 1.82) is 0 Å². The summed E-state index contributed by atoms with van der Waals surface area (Å²) in [4.78, 5) is 21.9. The molecule has 0 atom stereocenters. The standard InChI is InChI=1S/C14H22O4/c1-3-5-7-11(13(15)16)9-10-12(14(17)18)8-6-4-2/h9-10H,3-8H2,1-2H3,(H,15,16)(H,17,18). The van der Waals surface area contributed by atoms with Crippen LogP contribution in [0.15, 0.2) is 23.3 Å². The van der Waals surface area contributed by atoms with Crippen molar-refractivity contribution in [3.8, 4) is 0 Å². The molecule has 0 heterocycles. The molecule has 0 radical (unpaired) electrons. The van der Waals surface area contributed by atoms with Gasteiger partial charge in [-0.2, -0.15) is 0 Å². The van der Waals surface area contributed by atoms with Crippen LogP contribution in [0.3, 0.4) is 0 Å². The fourth-order valence-electron chi connectivity index (χ4n) is 1.46. The van der Waals surface area contributed by atoms with E-state index in [0.717, 1.165) is 25.7 Å². The summed E-state index contributed by atoms with van der Waals surface area (Å²) in [6, 6.07) is 0. The van der Waals surface area contributed by atoms with Crippen molar-refractivity contribution < 1.29 is 19.8 Å². The third kappa shape index (κ3) is 6.89. The molecule has 0 spiro atoms. The Bertz CT molecular complexity index is 306. The second-order valence-corrected chi connectivity index (χ2v) is 4.20. The summed E-state index contributed by atoms with van der Waals surface area (Å²) in [5.74, 6) is -1.94. The number of aliphatic carboxylic acids is 2. The van der Waals surface area contributed by atoms with Gasteiger partial charge in [-0.25, -0.2) is 9.59 Å². The van der Waals surface area contributed by atoms with Gasteiger partial charge in [-0.05, 0) is 25.7 Å². The van der Waals surface area contributed by atoms with Crippen LogP contribution in [-0.2, 0) is 9.59 Å². The van der Waals surface area contributed by atoms with E-state index in [0.29, 0.717) is 12.8 Å². The first kappa shape index (κ1) is 16.4. The summed E-state index contributed by atoms with van der Waals surface area (Å²) in [6.45, 7) is 3.97. The molecule has 0 saturated heterocycles. The first-order chi connectivity index (χ1) is 8.52. The minimum atomic E-state index is -0.972. The van der Waals surface area contributed by atoms with Gasteiger partial charge in [-0.15, -0.1) is 0 Å². The summed E-state index contributed by atoms with van der Waals surface area (Å²) >= 11 is 0. The molecule has 0 unspecified atom stereocenters. The molecular formula is C14H22O4. The third-order valence-corrected chi connectivity index (χ3v) is 2.63. The Labute approximate surface area is 108 Å². The molecule has 0 aliphatic carbocycles. The SMILES string of the molecule is CCCCC(=CC=C(CCCC)C(=O)O)C(=O)O. The average Bonchev–Trinajstić information content (AvgIpc) is 2.31. The Morgan fingerprint density at radius 1 is 0.833 bits per heavy atom. The van der Waals surface area contributed by atoms with E-state index in [-0.39, 0.29) is 11.1 Å². The number of carboxylic acid groups (broad SMARTS) is 2. The maximum atomic E-state index is 11.0. The van der Waals surface area contributed by atoms with E-state index >= 15 is 0 Å². The van der Waals surface area contributed by atoms with Crippen molar-refractivity contribution in [2.75, 3.05) is 0 Å². The molecule has 0 aromatic rings. The van der Waals surface area contributed by atoms with Crippen molar-refractivity contribution in [1.82, 2.24) is 0 Å². The zero-order valence-electron chi connectivity index (χ0n) is 11.1. The van der Waals surface area contributed by atoms with E-state index < -0.39 is 11.9 Å². The van der Waals surface area contributed by atoms with E-state index in [1.54, 1.807) is 0 Å². The Morgan fingerprint density at radius 3 is 1.39 bits per heavy atom. The summed E-state index contributed by atoms with van der Waals surface area (Å²) in [6.07, 6.45) is 7.22. The van der Waals surface area contributed by atoms with Gasteiger partial charge in [0.25, 0.3) is 0 Å². The van der Waals surface area contributed by atoms with Gasteiger partial charge in [0.15, 0.2) is 0 Å². The van der Waals surface area contributed by atoms with Gasteiger partial charge in [0.05, 0.1) is 0 Å². The number of carboxylic acids is 2. The molecule has 0 fully saturated rings. The Hall–Kier alpha value is -1.58. The third-order valence-electron chi connectivity index (χ3n) is 2.63. The minimum Gasteiger partial charge on any atom is -0.478 e. The Morgan fingerprint density at radius 2 is 1.17 bits per heavy atom. The summed E-state index contributed by atoms with van der Waals surface area (Å²) < 4.78 is 0. The van der Waals surface area contributed by atoms with Crippen LogP contribution in [-0.4, -0.2) is 22.2 Å². The lowest BCUT2D eigenvalue weighted by Crippen LogP contribution is -2.02. The first-order valence-electron chi connectivity index (χ1n) is 6.39. The number of allylic oxidation sites excluding steroid dienone is 2. The van der Waals surface area contributed by atoms with Crippen LogP contribution >= 0.6 is 0 Å². The van der Waals surface area contributed by atoms with E-state index in [2.05, 4.69) is 0 Å². The largest absolute Gasteiger partial charge is 0.478 e. The monoisotopic (exact) mass is 254 g/mol. The summed E-state index contributed by atoms with van der Waals surface area (Å²) in [7, 11) is 0.